The summed E-state index contributed by atoms with van der Waals surface area (Å²) in [6.07, 6.45) is 9.54. The number of nitrogens with zero attached hydrogens (tertiary/aromatic N) is 3. The Hall–Kier alpha value is -3.08. The molecule has 0 aliphatic carbocycles. The Morgan fingerprint density at radius 2 is 2.00 bits per heavy atom. The Labute approximate surface area is 151 Å². The number of fused-ring (bicyclic) bond motifs is 1. The Morgan fingerprint density at radius 1 is 1.12 bits per heavy atom. The van der Waals surface area contributed by atoms with Crippen molar-refractivity contribution in [1.29, 1.82) is 0 Å². The van der Waals surface area contributed by atoms with E-state index >= 15 is 0 Å². The number of halogens is 1. The molecule has 0 saturated carbocycles. The summed E-state index contributed by atoms with van der Waals surface area (Å²) in [5.74, 6) is -0.444. The van der Waals surface area contributed by atoms with E-state index in [1.165, 1.54) is 0 Å². The van der Waals surface area contributed by atoms with Gasteiger partial charge in [0.25, 0.3) is 0 Å². The van der Waals surface area contributed by atoms with E-state index in [4.69, 9.17) is 0 Å². The number of pyridine rings is 3. The fraction of sp³-hybridized carbons (Fsp3) is 0.143. The molecule has 0 aromatic carbocycles. The largest absolute Gasteiger partial charge is 0.346 e. The van der Waals surface area contributed by atoms with Crippen LogP contribution in [0, 0.1) is 26.2 Å². The van der Waals surface area contributed by atoms with E-state index in [2.05, 4.69) is 26.0 Å². The summed E-state index contributed by atoms with van der Waals surface area (Å²) in [7, 11) is 0. The van der Waals surface area contributed by atoms with Gasteiger partial charge in [0, 0.05) is 48.6 Å². The number of H-pyrrole nitrogens is 1. The predicted octanol–water partition coefficient (Wildman–Crippen LogP) is 4.30. The molecule has 26 heavy (non-hydrogen) atoms. The molecule has 5 heteroatoms. The minimum absolute atomic E-state index is 0.444. The number of rotatable bonds is 4. The van der Waals surface area contributed by atoms with Gasteiger partial charge in [-0.1, -0.05) is 6.07 Å². The molecule has 0 amide bonds. The van der Waals surface area contributed by atoms with Crippen LogP contribution in [0.15, 0.2) is 49.1 Å². The second-order valence-corrected chi connectivity index (χ2v) is 6.46. The van der Waals surface area contributed by atoms with Crippen LogP contribution in [0.4, 0.5) is 4.39 Å². The molecular weight excluding hydrogens is 327 g/mol. The smallest absolute Gasteiger partial charge is 0.216 e. The molecule has 129 valence electrons. The van der Waals surface area contributed by atoms with Gasteiger partial charge in [-0.15, -0.1) is 0 Å². The van der Waals surface area contributed by atoms with E-state index in [1.54, 1.807) is 18.5 Å². The SMILES string of the molecule is Cc1cnc2[nH]cc(Cc3ccc([CH]c4ccncc4C)nc3F)c2c1. The van der Waals surface area contributed by atoms with Crippen molar-refractivity contribution in [2.24, 2.45) is 0 Å². The van der Waals surface area contributed by atoms with E-state index in [0.717, 1.165) is 33.3 Å². The van der Waals surface area contributed by atoms with Crippen LogP contribution in [0.5, 0.6) is 0 Å². The molecule has 4 rings (SSSR count). The van der Waals surface area contributed by atoms with Gasteiger partial charge in [0.05, 0.1) is 5.69 Å². The van der Waals surface area contributed by atoms with Crippen molar-refractivity contribution in [3.8, 4) is 0 Å². The molecule has 4 aromatic rings. The minimum Gasteiger partial charge on any atom is -0.346 e. The molecule has 1 radical (unpaired) electrons. The third-order valence-electron chi connectivity index (χ3n) is 4.45. The lowest BCUT2D eigenvalue weighted by atomic mass is 10.0. The summed E-state index contributed by atoms with van der Waals surface area (Å²) < 4.78 is 14.6. The lowest BCUT2D eigenvalue weighted by Gasteiger charge is -2.07. The van der Waals surface area contributed by atoms with Crippen LogP contribution in [0.25, 0.3) is 11.0 Å². The number of aromatic amines is 1. The van der Waals surface area contributed by atoms with Crippen LogP contribution < -0.4 is 0 Å². The minimum atomic E-state index is -0.444. The summed E-state index contributed by atoms with van der Waals surface area (Å²) in [4.78, 5) is 15.7. The molecule has 1 N–H and O–H groups in total. The summed E-state index contributed by atoms with van der Waals surface area (Å²) in [5, 5.41) is 1.02. The first kappa shape index (κ1) is 16.4. The lowest BCUT2D eigenvalue weighted by Crippen LogP contribution is -2.00. The van der Waals surface area contributed by atoms with Crippen LogP contribution in [-0.4, -0.2) is 19.9 Å². The number of aryl methyl sites for hydroxylation is 2. The second kappa shape index (κ2) is 6.67. The monoisotopic (exact) mass is 345 g/mol. The molecule has 0 spiro atoms. The van der Waals surface area contributed by atoms with E-state index in [0.29, 0.717) is 17.7 Å². The molecule has 0 saturated heterocycles. The van der Waals surface area contributed by atoms with Crippen molar-refractivity contribution >= 4 is 11.0 Å². The van der Waals surface area contributed by atoms with Crippen LogP contribution >= 0.6 is 0 Å². The highest BCUT2D eigenvalue weighted by atomic mass is 19.1. The zero-order chi connectivity index (χ0) is 18.1. The average molecular weight is 345 g/mol. The molecule has 0 fully saturated rings. The first-order valence-corrected chi connectivity index (χ1v) is 8.43. The molecule has 4 nitrogen and oxygen atoms in total. The Bertz CT molecular complexity index is 1080. The molecule has 0 atom stereocenters. The van der Waals surface area contributed by atoms with Gasteiger partial charge in [-0.2, -0.15) is 4.39 Å². The van der Waals surface area contributed by atoms with Crippen molar-refractivity contribution in [2.75, 3.05) is 0 Å². The third-order valence-corrected chi connectivity index (χ3v) is 4.45. The number of hydrogen-bond acceptors (Lipinski definition) is 3. The fourth-order valence-corrected chi connectivity index (χ4v) is 3.01. The maximum Gasteiger partial charge on any atom is 0.216 e. The highest BCUT2D eigenvalue weighted by molar-refractivity contribution is 5.80. The molecule has 4 heterocycles. The number of nitrogens with one attached hydrogen (secondary N) is 1. The Balaban J connectivity index is 1.60. The van der Waals surface area contributed by atoms with Crippen LogP contribution in [0.2, 0.25) is 0 Å². The van der Waals surface area contributed by atoms with Gasteiger partial charge in [-0.3, -0.25) is 4.98 Å². The van der Waals surface area contributed by atoms with Gasteiger partial charge in [0.15, 0.2) is 0 Å². The van der Waals surface area contributed by atoms with Crippen molar-refractivity contribution < 1.29 is 4.39 Å². The van der Waals surface area contributed by atoms with E-state index in [-0.39, 0.29) is 0 Å². The maximum atomic E-state index is 14.6. The first-order chi connectivity index (χ1) is 12.6. The van der Waals surface area contributed by atoms with Crippen molar-refractivity contribution in [1.82, 2.24) is 19.9 Å². The summed E-state index contributed by atoms with van der Waals surface area (Å²) in [6.45, 7) is 3.97. The first-order valence-electron chi connectivity index (χ1n) is 8.43. The highest BCUT2D eigenvalue weighted by Gasteiger charge is 2.11. The van der Waals surface area contributed by atoms with E-state index in [1.807, 2.05) is 44.8 Å². The topological polar surface area (TPSA) is 54.5 Å². The normalized spacial score (nSPS) is 11.2. The van der Waals surface area contributed by atoms with Gasteiger partial charge in [0.1, 0.15) is 5.65 Å². The van der Waals surface area contributed by atoms with Crippen LogP contribution in [-0.2, 0) is 6.42 Å². The summed E-state index contributed by atoms with van der Waals surface area (Å²) in [6, 6.07) is 7.60. The molecule has 4 aromatic heterocycles. The molecule has 0 bridgehead atoms. The molecule has 0 aliphatic rings. The predicted molar refractivity (Wildman–Crippen MR) is 99.3 cm³/mol. The van der Waals surface area contributed by atoms with Crippen LogP contribution in [0.1, 0.15) is 33.5 Å². The van der Waals surface area contributed by atoms with Gasteiger partial charge >= 0.3 is 0 Å². The van der Waals surface area contributed by atoms with Gasteiger partial charge in [-0.05, 0) is 54.3 Å². The van der Waals surface area contributed by atoms with E-state index in [9.17, 15) is 4.39 Å². The average Bonchev–Trinajstić information content (AvgIpc) is 3.01. The van der Waals surface area contributed by atoms with Gasteiger partial charge < -0.3 is 4.98 Å². The standard InChI is InChI=1S/C21H18FN4/c1-13-7-19-17(12-25-21(19)24-10-13)8-16-3-4-18(26-20(16)22)9-15-5-6-23-11-14(15)2/h3-7,9-12H,8H2,1-2H3,(H,24,25). The van der Waals surface area contributed by atoms with Crippen LogP contribution in [0.3, 0.4) is 0 Å². The van der Waals surface area contributed by atoms with Crippen molar-refractivity contribution in [3.05, 3.63) is 94.9 Å². The second-order valence-electron chi connectivity index (χ2n) is 6.46. The Morgan fingerprint density at radius 3 is 2.81 bits per heavy atom. The fourth-order valence-electron chi connectivity index (χ4n) is 3.01. The van der Waals surface area contributed by atoms with Crippen molar-refractivity contribution in [3.63, 3.8) is 0 Å². The molecule has 0 unspecified atom stereocenters. The quantitative estimate of drug-likeness (QED) is 0.561. The van der Waals surface area contributed by atoms with Gasteiger partial charge in [-0.25, -0.2) is 9.97 Å². The summed E-state index contributed by atoms with van der Waals surface area (Å²) in [5.41, 5.74) is 6.08. The Kier molecular flexibility index (Phi) is 4.21. The zero-order valence-electron chi connectivity index (χ0n) is 14.6. The number of hydrogen-bond donors (Lipinski definition) is 1. The molecule has 0 aliphatic heterocycles. The third kappa shape index (κ3) is 3.20. The zero-order valence-corrected chi connectivity index (χ0v) is 14.6. The summed E-state index contributed by atoms with van der Waals surface area (Å²) >= 11 is 0. The van der Waals surface area contributed by atoms with E-state index < -0.39 is 5.95 Å². The number of aromatic nitrogens is 4. The lowest BCUT2D eigenvalue weighted by molar-refractivity contribution is 0.567. The van der Waals surface area contributed by atoms with Crippen molar-refractivity contribution in [2.45, 2.75) is 20.3 Å². The highest BCUT2D eigenvalue weighted by Crippen LogP contribution is 2.22. The maximum absolute atomic E-state index is 14.6. The van der Waals surface area contributed by atoms with Gasteiger partial charge in [0.2, 0.25) is 5.95 Å². The molecular formula is C21H18FN4.